The zero-order valence-electron chi connectivity index (χ0n) is 5.62. The summed E-state index contributed by atoms with van der Waals surface area (Å²) in [7, 11) is 0. The number of rotatable bonds is 2. The van der Waals surface area contributed by atoms with Crippen molar-refractivity contribution in [3.05, 3.63) is 0 Å². The van der Waals surface area contributed by atoms with Crippen LogP contribution >= 0.6 is 0 Å². The molecule has 1 aliphatic heterocycles. The van der Waals surface area contributed by atoms with Crippen molar-refractivity contribution in [2.45, 2.75) is 12.5 Å². The molecule has 1 aliphatic rings. The van der Waals surface area contributed by atoms with Gasteiger partial charge in [-0.1, -0.05) is 0 Å². The number of aliphatic carboxylic acids is 1. The molecule has 0 spiro atoms. The van der Waals surface area contributed by atoms with E-state index in [1.165, 1.54) is 0 Å². The van der Waals surface area contributed by atoms with Gasteiger partial charge >= 0.3 is 5.97 Å². The van der Waals surface area contributed by atoms with Gasteiger partial charge in [-0.3, -0.25) is 4.79 Å². The summed E-state index contributed by atoms with van der Waals surface area (Å²) in [4.78, 5) is 10.1. The highest BCUT2D eigenvalue weighted by Crippen LogP contribution is 2.01. The van der Waals surface area contributed by atoms with Crippen molar-refractivity contribution in [2.24, 2.45) is 0 Å². The SMILES string of the molecule is O=C(O)CC1C[N]CCO1. The Hall–Kier alpha value is -0.610. The van der Waals surface area contributed by atoms with E-state index in [9.17, 15) is 4.79 Å². The molecule has 4 heteroatoms. The average molecular weight is 144 g/mol. The fourth-order valence-corrected chi connectivity index (χ4v) is 0.890. The van der Waals surface area contributed by atoms with Gasteiger partial charge in [-0.05, 0) is 0 Å². The Morgan fingerprint density at radius 3 is 3.10 bits per heavy atom. The largest absolute Gasteiger partial charge is 0.481 e. The van der Waals surface area contributed by atoms with Crippen molar-refractivity contribution in [1.82, 2.24) is 5.32 Å². The van der Waals surface area contributed by atoms with E-state index in [4.69, 9.17) is 9.84 Å². The van der Waals surface area contributed by atoms with Crippen LogP contribution in [-0.2, 0) is 9.53 Å². The van der Waals surface area contributed by atoms with Crippen LogP contribution in [0.25, 0.3) is 0 Å². The molecular formula is C6H10NO3. The summed E-state index contributed by atoms with van der Waals surface area (Å²) >= 11 is 0. The van der Waals surface area contributed by atoms with Crippen LogP contribution in [-0.4, -0.2) is 36.9 Å². The Morgan fingerprint density at radius 1 is 1.80 bits per heavy atom. The molecule has 1 rings (SSSR count). The third-order valence-electron chi connectivity index (χ3n) is 1.34. The summed E-state index contributed by atoms with van der Waals surface area (Å²) in [5.41, 5.74) is 0. The molecule has 0 aromatic carbocycles. The van der Waals surface area contributed by atoms with E-state index in [0.29, 0.717) is 19.7 Å². The molecule has 10 heavy (non-hydrogen) atoms. The van der Waals surface area contributed by atoms with Crippen LogP contribution in [0.2, 0.25) is 0 Å². The predicted molar refractivity (Wildman–Crippen MR) is 33.9 cm³/mol. The Balaban J connectivity index is 2.19. The Morgan fingerprint density at radius 2 is 2.60 bits per heavy atom. The third kappa shape index (κ3) is 2.33. The van der Waals surface area contributed by atoms with Crippen molar-refractivity contribution in [3.8, 4) is 0 Å². The second kappa shape index (κ2) is 3.53. The zero-order chi connectivity index (χ0) is 7.40. The van der Waals surface area contributed by atoms with E-state index in [1.807, 2.05) is 0 Å². The fraction of sp³-hybridized carbons (Fsp3) is 0.833. The maximum atomic E-state index is 10.1. The van der Waals surface area contributed by atoms with Crippen molar-refractivity contribution in [2.75, 3.05) is 19.7 Å². The number of nitrogens with zero attached hydrogens (tertiary/aromatic N) is 1. The summed E-state index contributed by atoms with van der Waals surface area (Å²) < 4.78 is 5.11. The van der Waals surface area contributed by atoms with Gasteiger partial charge in [0.05, 0.1) is 19.1 Å². The molecule has 1 fully saturated rings. The Kier molecular flexibility index (Phi) is 2.65. The summed E-state index contributed by atoms with van der Waals surface area (Å²) in [6, 6.07) is 0. The fourth-order valence-electron chi connectivity index (χ4n) is 0.890. The summed E-state index contributed by atoms with van der Waals surface area (Å²) in [5.74, 6) is -0.817. The van der Waals surface area contributed by atoms with Crippen LogP contribution in [0, 0.1) is 0 Å². The molecule has 0 aromatic rings. The number of hydrogen-bond acceptors (Lipinski definition) is 2. The van der Waals surface area contributed by atoms with Crippen molar-refractivity contribution in [3.63, 3.8) is 0 Å². The number of carbonyl (C=O) groups is 1. The molecule has 57 valence electrons. The summed E-state index contributed by atoms with van der Waals surface area (Å²) in [6.45, 7) is 1.81. The molecular weight excluding hydrogens is 134 g/mol. The Bertz CT molecular complexity index is 120. The van der Waals surface area contributed by atoms with Crippen molar-refractivity contribution < 1.29 is 14.6 Å². The lowest BCUT2D eigenvalue weighted by Crippen LogP contribution is -2.35. The summed E-state index contributed by atoms with van der Waals surface area (Å²) in [5, 5.41) is 12.4. The topological polar surface area (TPSA) is 60.6 Å². The molecule has 0 bridgehead atoms. The molecule has 0 amide bonds. The number of carboxylic acids is 1. The molecule has 1 radical (unpaired) electrons. The number of morpholine rings is 1. The molecule has 0 aliphatic carbocycles. The first-order valence-corrected chi connectivity index (χ1v) is 3.25. The van der Waals surface area contributed by atoms with Gasteiger partial charge in [0.2, 0.25) is 0 Å². The van der Waals surface area contributed by atoms with Gasteiger partial charge < -0.3 is 9.84 Å². The normalized spacial score (nSPS) is 26.2. The van der Waals surface area contributed by atoms with E-state index >= 15 is 0 Å². The highest BCUT2D eigenvalue weighted by molar-refractivity contribution is 5.67. The lowest BCUT2D eigenvalue weighted by Gasteiger charge is -2.20. The van der Waals surface area contributed by atoms with Crippen LogP contribution in [0.4, 0.5) is 0 Å². The van der Waals surface area contributed by atoms with Gasteiger partial charge in [0, 0.05) is 13.1 Å². The van der Waals surface area contributed by atoms with Gasteiger partial charge in [-0.15, -0.1) is 0 Å². The molecule has 0 aromatic heterocycles. The highest BCUT2D eigenvalue weighted by atomic mass is 16.5. The zero-order valence-corrected chi connectivity index (χ0v) is 5.62. The minimum Gasteiger partial charge on any atom is -0.481 e. The van der Waals surface area contributed by atoms with Crippen LogP contribution in [0.15, 0.2) is 0 Å². The first-order chi connectivity index (χ1) is 4.79. The molecule has 1 N–H and O–H groups in total. The van der Waals surface area contributed by atoms with Gasteiger partial charge in [-0.2, -0.15) is 0 Å². The minimum absolute atomic E-state index is 0.0729. The summed E-state index contributed by atoms with van der Waals surface area (Å²) in [6.07, 6.45) is -0.116. The number of carboxylic acid groups (broad SMARTS) is 1. The molecule has 1 atom stereocenters. The van der Waals surface area contributed by atoms with Crippen molar-refractivity contribution >= 4 is 5.97 Å². The first-order valence-electron chi connectivity index (χ1n) is 3.25. The molecule has 0 saturated carbocycles. The van der Waals surface area contributed by atoms with Gasteiger partial charge in [0.15, 0.2) is 0 Å². The Labute approximate surface area is 59.2 Å². The monoisotopic (exact) mass is 144 g/mol. The van der Waals surface area contributed by atoms with Gasteiger partial charge in [0.25, 0.3) is 0 Å². The second-order valence-electron chi connectivity index (χ2n) is 2.22. The van der Waals surface area contributed by atoms with E-state index in [0.717, 1.165) is 0 Å². The van der Waals surface area contributed by atoms with E-state index in [-0.39, 0.29) is 12.5 Å². The lowest BCUT2D eigenvalue weighted by molar-refractivity contribution is -0.140. The maximum Gasteiger partial charge on any atom is 0.306 e. The molecule has 1 heterocycles. The highest BCUT2D eigenvalue weighted by Gasteiger charge is 2.16. The van der Waals surface area contributed by atoms with Crippen LogP contribution in [0.3, 0.4) is 0 Å². The molecule has 1 saturated heterocycles. The minimum atomic E-state index is -0.817. The lowest BCUT2D eigenvalue weighted by atomic mass is 10.2. The third-order valence-corrected chi connectivity index (χ3v) is 1.34. The smallest absolute Gasteiger partial charge is 0.306 e. The first kappa shape index (κ1) is 7.50. The molecule has 1 unspecified atom stereocenters. The van der Waals surface area contributed by atoms with Crippen LogP contribution in [0.1, 0.15) is 6.42 Å². The van der Waals surface area contributed by atoms with E-state index < -0.39 is 5.97 Å². The second-order valence-corrected chi connectivity index (χ2v) is 2.22. The average Bonchev–Trinajstić information content (AvgIpc) is 1.88. The molecule has 4 nitrogen and oxygen atoms in total. The quantitative estimate of drug-likeness (QED) is 0.566. The van der Waals surface area contributed by atoms with Crippen LogP contribution in [0.5, 0.6) is 0 Å². The predicted octanol–water partition coefficient (Wildman–Crippen LogP) is -0.536. The maximum absolute atomic E-state index is 10.1. The van der Waals surface area contributed by atoms with Crippen molar-refractivity contribution in [1.29, 1.82) is 0 Å². The van der Waals surface area contributed by atoms with Crippen LogP contribution < -0.4 is 5.32 Å². The standard InChI is InChI=1S/C6H10NO3/c8-6(9)3-5-4-7-1-2-10-5/h5H,1-4H2,(H,8,9). The van der Waals surface area contributed by atoms with Gasteiger partial charge in [-0.25, -0.2) is 5.32 Å². The number of ether oxygens (including phenoxy) is 1. The van der Waals surface area contributed by atoms with Gasteiger partial charge in [0.1, 0.15) is 0 Å². The van der Waals surface area contributed by atoms with E-state index in [2.05, 4.69) is 5.32 Å². The number of hydrogen-bond donors (Lipinski definition) is 1. The van der Waals surface area contributed by atoms with E-state index in [1.54, 1.807) is 0 Å².